The van der Waals surface area contributed by atoms with E-state index >= 15 is 0 Å². The molecule has 3 rings (SSSR count). The van der Waals surface area contributed by atoms with Gasteiger partial charge < -0.3 is 4.74 Å². The molecule has 5 heteroatoms. The zero-order valence-electron chi connectivity index (χ0n) is 12.5. The molecule has 1 atom stereocenters. The number of hydrogen-bond donors (Lipinski definition) is 0. The van der Waals surface area contributed by atoms with Crippen LogP contribution in [0.1, 0.15) is 24.0 Å². The summed E-state index contributed by atoms with van der Waals surface area (Å²) >= 11 is 0. The minimum atomic E-state index is -2.74. The van der Waals surface area contributed by atoms with Gasteiger partial charge in [0.1, 0.15) is 5.75 Å². The molecule has 0 unspecified atom stereocenters. The number of benzene rings is 1. The summed E-state index contributed by atoms with van der Waals surface area (Å²) in [6, 6.07) is 6.31. The van der Waals surface area contributed by atoms with E-state index in [4.69, 9.17) is 4.74 Å². The van der Waals surface area contributed by atoms with E-state index < -0.39 is 9.84 Å². The number of methoxy groups -OCH3 is 1. The fourth-order valence-corrected chi connectivity index (χ4v) is 5.28. The van der Waals surface area contributed by atoms with Crippen LogP contribution in [-0.4, -0.2) is 45.0 Å². The van der Waals surface area contributed by atoms with Crippen molar-refractivity contribution in [2.24, 2.45) is 5.92 Å². The zero-order chi connectivity index (χ0) is 14.9. The van der Waals surface area contributed by atoms with Crippen LogP contribution < -0.4 is 4.74 Å². The molecule has 1 saturated heterocycles. The highest BCUT2D eigenvalue weighted by atomic mass is 32.2. The summed E-state index contributed by atoms with van der Waals surface area (Å²) in [4.78, 5) is 2.44. The van der Waals surface area contributed by atoms with Gasteiger partial charge in [-0.1, -0.05) is 6.07 Å². The predicted molar refractivity (Wildman–Crippen MR) is 83.4 cm³/mol. The molecule has 0 aromatic heterocycles. The number of sulfone groups is 1. The molecule has 2 aliphatic rings. The van der Waals surface area contributed by atoms with Gasteiger partial charge in [0, 0.05) is 13.1 Å². The van der Waals surface area contributed by atoms with E-state index in [-0.39, 0.29) is 0 Å². The summed E-state index contributed by atoms with van der Waals surface area (Å²) in [7, 11) is -1.04. The molecule has 0 aliphatic carbocycles. The monoisotopic (exact) mass is 309 g/mol. The lowest BCUT2D eigenvalue weighted by Crippen LogP contribution is -2.32. The van der Waals surface area contributed by atoms with Gasteiger partial charge in [-0.25, -0.2) is 8.42 Å². The fourth-order valence-electron chi connectivity index (χ4n) is 3.37. The van der Waals surface area contributed by atoms with E-state index in [0.717, 1.165) is 44.6 Å². The van der Waals surface area contributed by atoms with Gasteiger partial charge >= 0.3 is 0 Å². The molecule has 1 aromatic rings. The Morgan fingerprint density at radius 2 is 2.19 bits per heavy atom. The highest BCUT2D eigenvalue weighted by Gasteiger charge is 2.28. The summed E-state index contributed by atoms with van der Waals surface area (Å²) in [6.07, 6.45) is 2.91. The second-order valence-corrected chi connectivity index (χ2v) is 8.45. The van der Waals surface area contributed by atoms with Gasteiger partial charge in [-0.05, 0) is 55.0 Å². The molecule has 1 fully saturated rings. The number of nitrogens with zero attached hydrogens (tertiary/aromatic N) is 1. The molecule has 116 valence electrons. The van der Waals surface area contributed by atoms with Crippen LogP contribution in [0.2, 0.25) is 0 Å². The number of fused-ring (bicyclic) bond motifs is 1. The Hall–Kier alpha value is -1.07. The summed E-state index contributed by atoms with van der Waals surface area (Å²) in [5, 5.41) is 0. The number of rotatable bonds is 4. The standard InChI is InChI=1S/C16H23NO3S/c1-20-16-3-2-15-11-17(8-5-14(15)10-16)7-4-13-6-9-21(18,19)12-13/h2-3,10,13H,4-9,11-12H2,1H3/t13-/m0/s1. The first-order valence-electron chi connectivity index (χ1n) is 7.64. The van der Waals surface area contributed by atoms with Crippen molar-refractivity contribution in [3.63, 3.8) is 0 Å². The lowest BCUT2D eigenvalue weighted by atomic mass is 9.98. The second-order valence-electron chi connectivity index (χ2n) is 6.22. The van der Waals surface area contributed by atoms with Crippen LogP contribution in [0.3, 0.4) is 0 Å². The molecule has 2 heterocycles. The van der Waals surface area contributed by atoms with Gasteiger partial charge in [0.25, 0.3) is 0 Å². The normalized spacial score (nSPS) is 24.7. The molecule has 21 heavy (non-hydrogen) atoms. The van der Waals surface area contributed by atoms with E-state index in [1.807, 2.05) is 6.07 Å². The van der Waals surface area contributed by atoms with Crippen LogP contribution in [0.5, 0.6) is 5.75 Å². The van der Waals surface area contributed by atoms with Crippen molar-refractivity contribution in [3.8, 4) is 5.75 Å². The van der Waals surface area contributed by atoms with Crippen molar-refractivity contribution < 1.29 is 13.2 Å². The first kappa shape index (κ1) is 14.9. The largest absolute Gasteiger partial charge is 0.497 e. The van der Waals surface area contributed by atoms with Crippen LogP contribution in [0.4, 0.5) is 0 Å². The SMILES string of the molecule is COc1ccc2c(c1)CCN(CC[C@H]1CCS(=O)(=O)C1)C2. The molecular weight excluding hydrogens is 286 g/mol. The van der Waals surface area contributed by atoms with Crippen molar-refractivity contribution in [3.05, 3.63) is 29.3 Å². The Kier molecular flexibility index (Phi) is 4.22. The van der Waals surface area contributed by atoms with E-state index in [1.54, 1.807) is 7.11 Å². The van der Waals surface area contributed by atoms with Gasteiger partial charge in [-0.3, -0.25) is 4.90 Å². The summed E-state index contributed by atoms with van der Waals surface area (Å²) in [5.74, 6) is 2.08. The van der Waals surface area contributed by atoms with E-state index in [1.165, 1.54) is 11.1 Å². The third-order valence-electron chi connectivity index (χ3n) is 4.69. The summed E-state index contributed by atoms with van der Waals surface area (Å²) in [6.45, 7) is 3.03. The lowest BCUT2D eigenvalue weighted by molar-refractivity contribution is 0.237. The molecule has 0 N–H and O–H groups in total. The van der Waals surface area contributed by atoms with Crippen LogP contribution >= 0.6 is 0 Å². The zero-order valence-corrected chi connectivity index (χ0v) is 13.4. The first-order valence-corrected chi connectivity index (χ1v) is 9.46. The van der Waals surface area contributed by atoms with E-state index in [0.29, 0.717) is 17.4 Å². The van der Waals surface area contributed by atoms with Crippen molar-refractivity contribution in [2.75, 3.05) is 31.7 Å². The second kappa shape index (κ2) is 5.97. The third kappa shape index (κ3) is 3.58. The van der Waals surface area contributed by atoms with Crippen LogP contribution in [-0.2, 0) is 22.8 Å². The van der Waals surface area contributed by atoms with Crippen molar-refractivity contribution in [2.45, 2.75) is 25.8 Å². The quantitative estimate of drug-likeness (QED) is 0.852. The number of hydrogen-bond acceptors (Lipinski definition) is 4. The molecule has 0 spiro atoms. The highest BCUT2D eigenvalue weighted by Crippen LogP contribution is 2.26. The van der Waals surface area contributed by atoms with E-state index in [9.17, 15) is 8.42 Å². The molecule has 1 aromatic carbocycles. The van der Waals surface area contributed by atoms with Crippen LogP contribution in [0.25, 0.3) is 0 Å². The smallest absolute Gasteiger partial charge is 0.150 e. The molecule has 0 radical (unpaired) electrons. The Balaban J connectivity index is 1.55. The minimum absolute atomic E-state index is 0.368. The average Bonchev–Trinajstić information content (AvgIpc) is 2.83. The Morgan fingerprint density at radius 3 is 2.90 bits per heavy atom. The molecular formula is C16H23NO3S. The molecule has 4 nitrogen and oxygen atoms in total. The van der Waals surface area contributed by atoms with Gasteiger partial charge in [-0.15, -0.1) is 0 Å². The highest BCUT2D eigenvalue weighted by molar-refractivity contribution is 7.91. The minimum Gasteiger partial charge on any atom is -0.497 e. The topological polar surface area (TPSA) is 46.6 Å². The van der Waals surface area contributed by atoms with Gasteiger partial charge in [0.15, 0.2) is 9.84 Å². The van der Waals surface area contributed by atoms with E-state index in [2.05, 4.69) is 17.0 Å². The Labute approximate surface area is 127 Å². The maximum atomic E-state index is 11.5. The van der Waals surface area contributed by atoms with Crippen LogP contribution in [0.15, 0.2) is 18.2 Å². The average molecular weight is 309 g/mol. The predicted octanol–water partition coefficient (Wildman–Crippen LogP) is 1.88. The molecule has 0 amide bonds. The van der Waals surface area contributed by atoms with Gasteiger partial charge in [0.05, 0.1) is 18.6 Å². The lowest BCUT2D eigenvalue weighted by Gasteiger charge is -2.29. The summed E-state index contributed by atoms with van der Waals surface area (Å²) in [5.41, 5.74) is 2.76. The molecule has 2 aliphatic heterocycles. The number of ether oxygens (including phenoxy) is 1. The first-order chi connectivity index (χ1) is 10.1. The Bertz CT molecular complexity index is 612. The third-order valence-corrected chi connectivity index (χ3v) is 6.52. The maximum Gasteiger partial charge on any atom is 0.150 e. The van der Waals surface area contributed by atoms with Crippen LogP contribution in [0, 0.1) is 5.92 Å². The van der Waals surface area contributed by atoms with Crippen molar-refractivity contribution >= 4 is 9.84 Å². The van der Waals surface area contributed by atoms with Crippen molar-refractivity contribution in [1.29, 1.82) is 0 Å². The maximum absolute atomic E-state index is 11.5. The Morgan fingerprint density at radius 1 is 1.33 bits per heavy atom. The van der Waals surface area contributed by atoms with Gasteiger partial charge in [0.2, 0.25) is 0 Å². The summed E-state index contributed by atoms with van der Waals surface area (Å²) < 4.78 is 28.3. The van der Waals surface area contributed by atoms with Crippen molar-refractivity contribution in [1.82, 2.24) is 4.90 Å². The van der Waals surface area contributed by atoms with Gasteiger partial charge in [-0.2, -0.15) is 0 Å². The molecule has 0 bridgehead atoms. The molecule has 0 saturated carbocycles. The fraction of sp³-hybridized carbons (Fsp3) is 0.625.